The van der Waals surface area contributed by atoms with Crippen LogP contribution in [0.1, 0.15) is 48.8 Å². The van der Waals surface area contributed by atoms with Gasteiger partial charge >= 0.3 is 6.09 Å². The van der Waals surface area contributed by atoms with Gasteiger partial charge in [-0.25, -0.2) is 9.78 Å². The fourth-order valence-electron chi connectivity index (χ4n) is 4.40. The van der Waals surface area contributed by atoms with Gasteiger partial charge < -0.3 is 21.1 Å². The Labute approximate surface area is 240 Å². The Kier molecular flexibility index (Phi) is 8.92. The summed E-state index contributed by atoms with van der Waals surface area (Å²) in [6.07, 6.45) is 1.11. The lowest BCUT2D eigenvalue weighted by Gasteiger charge is -2.32. The average molecular weight is 587 g/mol. The normalized spacial score (nSPS) is 14.5. The maximum atomic E-state index is 12.1. The number of halogens is 1. The van der Waals surface area contributed by atoms with E-state index >= 15 is 0 Å². The number of likely N-dealkylation sites (tertiary alicyclic amines) is 1. The summed E-state index contributed by atoms with van der Waals surface area (Å²) < 4.78 is 5.35. The van der Waals surface area contributed by atoms with Crippen molar-refractivity contribution in [3.63, 3.8) is 0 Å². The second-order valence-electron chi connectivity index (χ2n) is 10.5. The number of nitro benzene ring substituents is 1. The first kappa shape index (κ1) is 29.2. The number of nitrogens with one attached hydrogen (secondary N) is 2. The molecule has 0 radical (unpaired) electrons. The predicted molar refractivity (Wildman–Crippen MR) is 155 cm³/mol. The smallest absolute Gasteiger partial charge is 0.407 e. The molecule has 40 heavy (non-hydrogen) atoms. The molecule has 4 rings (SSSR count). The summed E-state index contributed by atoms with van der Waals surface area (Å²) in [5, 5.41) is 18.5. The van der Waals surface area contributed by atoms with Crippen molar-refractivity contribution < 1.29 is 19.2 Å². The average Bonchev–Trinajstić information content (AvgIpc) is 3.28. The maximum Gasteiger partial charge on any atom is 0.407 e. The number of alkyl carbamates (subject to hydrolysis) is 1. The van der Waals surface area contributed by atoms with Crippen LogP contribution in [-0.4, -0.2) is 51.5 Å². The van der Waals surface area contributed by atoms with Crippen molar-refractivity contribution in [2.45, 2.75) is 51.8 Å². The number of benzene rings is 2. The minimum Gasteiger partial charge on any atom is -0.444 e. The fourth-order valence-corrected chi connectivity index (χ4v) is 5.44. The zero-order valence-corrected chi connectivity index (χ0v) is 24.0. The van der Waals surface area contributed by atoms with Crippen LogP contribution in [0.5, 0.6) is 0 Å². The Morgan fingerprint density at radius 2 is 1.95 bits per heavy atom. The van der Waals surface area contributed by atoms with Gasteiger partial charge in [0.05, 0.1) is 10.6 Å². The zero-order chi connectivity index (χ0) is 29.0. The first-order chi connectivity index (χ1) is 18.9. The second-order valence-corrected chi connectivity index (χ2v) is 11.9. The lowest BCUT2D eigenvalue weighted by atomic mass is 10.0. The van der Waals surface area contributed by atoms with E-state index in [2.05, 4.69) is 20.5 Å². The molecule has 1 saturated heterocycles. The van der Waals surface area contributed by atoms with Crippen LogP contribution in [-0.2, 0) is 11.3 Å². The Morgan fingerprint density at radius 3 is 2.58 bits per heavy atom. The molecule has 212 valence electrons. The molecule has 0 unspecified atom stereocenters. The SMILES string of the molecule is CC(C)(C)OC(=O)NC1CCN(Cc2ccc([N+](=O)[O-])c(Nc3nc(-c4cccc(Cl)c4)c(C(N)=O)s3)c2)CC1. The number of hydrogen-bond acceptors (Lipinski definition) is 9. The summed E-state index contributed by atoms with van der Waals surface area (Å²) >= 11 is 7.13. The Bertz CT molecular complexity index is 1410. The van der Waals surface area contributed by atoms with E-state index in [1.54, 1.807) is 36.4 Å². The van der Waals surface area contributed by atoms with E-state index in [0.29, 0.717) is 22.8 Å². The van der Waals surface area contributed by atoms with Gasteiger partial charge in [0.15, 0.2) is 5.13 Å². The van der Waals surface area contributed by atoms with Crippen molar-refractivity contribution in [1.29, 1.82) is 0 Å². The van der Waals surface area contributed by atoms with Gasteiger partial charge in [-0.2, -0.15) is 0 Å². The molecule has 0 saturated carbocycles. The van der Waals surface area contributed by atoms with Crippen LogP contribution in [0, 0.1) is 10.1 Å². The molecule has 13 heteroatoms. The van der Waals surface area contributed by atoms with Crippen LogP contribution in [0.2, 0.25) is 5.02 Å². The van der Waals surface area contributed by atoms with Gasteiger partial charge in [-0.1, -0.05) is 41.1 Å². The van der Waals surface area contributed by atoms with Gasteiger partial charge in [0.2, 0.25) is 0 Å². The second kappa shape index (κ2) is 12.2. The monoisotopic (exact) mass is 586 g/mol. The first-order valence-corrected chi connectivity index (χ1v) is 13.9. The van der Waals surface area contributed by atoms with E-state index in [1.165, 1.54) is 6.07 Å². The molecule has 2 heterocycles. The number of ether oxygens (including phenoxy) is 1. The number of piperidine rings is 1. The molecule has 0 spiro atoms. The van der Waals surface area contributed by atoms with E-state index < -0.39 is 22.5 Å². The Balaban J connectivity index is 1.47. The number of thiazole rings is 1. The van der Waals surface area contributed by atoms with Crippen molar-refractivity contribution in [2.75, 3.05) is 18.4 Å². The Morgan fingerprint density at radius 1 is 1.23 bits per heavy atom. The van der Waals surface area contributed by atoms with E-state index in [9.17, 15) is 19.7 Å². The van der Waals surface area contributed by atoms with Crippen LogP contribution in [0.25, 0.3) is 11.3 Å². The fraction of sp³-hybridized carbons (Fsp3) is 0.370. The predicted octanol–water partition coefficient (Wildman–Crippen LogP) is 5.70. The minimum absolute atomic E-state index is 0.0261. The van der Waals surface area contributed by atoms with Crippen molar-refractivity contribution in [2.24, 2.45) is 5.73 Å². The number of carbonyl (C=O) groups is 2. The van der Waals surface area contributed by atoms with Gasteiger partial charge in [-0.3, -0.25) is 19.8 Å². The quantitative estimate of drug-likeness (QED) is 0.224. The molecule has 11 nitrogen and oxygen atoms in total. The number of rotatable bonds is 8. The lowest BCUT2D eigenvalue weighted by Crippen LogP contribution is -2.45. The summed E-state index contributed by atoms with van der Waals surface area (Å²) in [5.41, 5.74) is 7.01. The van der Waals surface area contributed by atoms with Gasteiger partial charge in [0.1, 0.15) is 16.2 Å². The van der Waals surface area contributed by atoms with E-state index in [4.69, 9.17) is 22.1 Å². The van der Waals surface area contributed by atoms with Crippen molar-refractivity contribution in [3.05, 3.63) is 68.0 Å². The molecule has 0 aliphatic carbocycles. The number of amides is 2. The Hall–Kier alpha value is -3.74. The van der Waals surface area contributed by atoms with Crippen LogP contribution >= 0.6 is 22.9 Å². The molecular weight excluding hydrogens is 556 g/mol. The topological polar surface area (TPSA) is 153 Å². The third-order valence-electron chi connectivity index (χ3n) is 6.16. The highest BCUT2D eigenvalue weighted by molar-refractivity contribution is 7.18. The lowest BCUT2D eigenvalue weighted by molar-refractivity contribution is -0.383. The number of primary amides is 1. The summed E-state index contributed by atoms with van der Waals surface area (Å²) in [6.45, 7) is 7.54. The van der Waals surface area contributed by atoms with Crippen molar-refractivity contribution in [1.82, 2.24) is 15.2 Å². The zero-order valence-electron chi connectivity index (χ0n) is 22.4. The summed E-state index contributed by atoms with van der Waals surface area (Å²) in [7, 11) is 0. The molecule has 1 fully saturated rings. The van der Waals surface area contributed by atoms with Crippen LogP contribution in [0.15, 0.2) is 42.5 Å². The van der Waals surface area contributed by atoms with Gasteiger partial charge in [-0.05, 0) is 57.4 Å². The van der Waals surface area contributed by atoms with Gasteiger partial charge in [0.25, 0.3) is 11.6 Å². The third kappa shape index (κ3) is 7.68. The van der Waals surface area contributed by atoms with Crippen LogP contribution in [0.3, 0.4) is 0 Å². The number of nitrogens with zero attached hydrogens (tertiary/aromatic N) is 3. The number of hydrogen-bond donors (Lipinski definition) is 3. The molecule has 2 amide bonds. The number of nitro groups is 1. The molecule has 4 N–H and O–H groups in total. The van der Waals surface area contributed by atoms with Gasteiger partial charge in [-0.15, -0.1) is 0 Å². The summed E-state index contributed by atoms with van der Waals surface area (Å²) in [5.74, 6) is -0.659. The van der Waals surface area contributed by atoms with Crippen LogP contribution < -0.4 is 16.4 Å². The highest BCUT2D eigenvalue weighted by atomic mass is 35.5. The number of carbonyl (C=O) groups excluding carboxylic acids is 2. The third-order valence-corrected chi connectivity index (χ3v) is 7.38. The molecule has 2 aromatic carbocycles. The van der Waals surface area contributed by atoms with E-state index in [1.807, 2.05) is 20.8 Å². The summed E-state index contributed by atoms with van der Waals surface area (Å²) in [4.78, 5) is 42.5. The number of nitrogens with two attached hydrogens (primary N) is 1. The van der Waals surface area contributed by atoms with Gasteiger partial charge in [0, 0.05) is 42.3 Å². The highest BCUT2D eigenvalue weighted by Crippen LogP contribution is 2.36. The first-order valence-electron chi connectivity index (χ1n) is 12.7. The molecule has 1 aliphatic heterocycles. The molecule has 3 aromatic rings. The summed E-state index contributed by atoms with van der Waals surface area (Å²) in [6, 6.07) is 11.8. The van der Waals surface area contributed by atoms with Crippen molar-refractivity contribution in [3.8, 4) is 11.3 Å². The molecule has 0 bridgehead atoms. The largest absolute Gasteiger partial charge is 0.444 e. The standard InChI is InChI=1S/C27H31ClN6O5S/c1-27(2,3)39-26(36)30-19-9-11-33(12-10-19)15-16-7-8-21(34(37)38)20(13-16)31-25-32-22(23(40-25)24(29)35)17-5-4-6-18(28)14-17/h4-8,13-14,19H,9-12,15H2,1-3H3,(H2,29,35)(H,30,36)(H,31,32). The molecular formula is C27H31ClN6O5S. The highest BCUT2D eigenvalue weighted by Gasteiger charge is 2.25. The van der Waals surface area contributed by atoms with E-state index in [0.717, 1.165) is 42.8 Å². The molecule has 1 aromatic heterocycles. The minimum atomic E-state index is -0.659. The number of anilines is 2. The van der Waals surface area contributed by atoms with Crippen LogP contribution in [0.4, 0.5) is 21.3 Å². The molecule has 1 aliphatic rings. The van der Waals surface area contributed by atoms with Crippen molar-refractivity contribution >= 4 is 51.4 Å². The van der Waals surface area contributed by atoms with E-state index in [-0.39, 0.29) is 27.4 Å². The maximum absolute atomic E-state index is 12.1. The molecule has 0 atom stereocenters. The number of aromatic nitrogens is 1.